The molecule has 1 aromatic carbocycles. The lowest BCUT2D eigenvalue weighted by atomic mass is 10.1. The highest BCUT2D eigenvalue weighted by Gasteiger charge is 2.09. The number of hydrogen-bond donors (Lipinski definition) is 1. The summed E-state index contributed by atoms with van der Waals surface area (Å²) in [4.78, 5) is 6.81. The molecule has 0 aliphatic heterocycles. The normalized spacial score (nSPS) is 10.5. The highest BCUT2D eigenvalue weighted by molar-refractivity contribution is 5.68. The number of hydrogen-bond acceptors (Lipinski definition) is 3. The molecular formula is C16H21N3. The number of pyridine rings is 1. The van der Waals surface area contributed by atoms with E-state index in [1.54, 1.807) is 0 Å². The van der Waals surface area contributed by atoms with E-state index in [1.165, 1.54) is 5.56 Å². The topological polar surface area (TPSA) is 42.2 Å². The quantitative estimate of drug-likeness (QED) is 0.852. The predicted octanol–water partition coefficient (Wildman–Crippen LogP) is 3.31. The van der Waals surface area contributed by atoms with Crippen LogP contribution in [0.2, 0.25) is 0 Å². The van der Waals surface area contributed by atoms with E-state index in [0.717, 1.165) is 35.9 Å². The molecule has 0 aliphatic carbocycles. The standard InChI is InChI=1S/C16H21N3/c1-4-19(11-14-7-5-6-13(3)18-14)16-10-12(2)8-9-15(16)17/h5-10H,4,11,17H2,1-3H3. The molecule has 1 heterocycles. The minimum absolute atomic E-state index is 0.784. The van der Waals surface area contributed by atoms with Crippen LogP contribution in [0.4, 0.5) is 11.4 Å². The number of benzene rings is 1. The van der Waals surface area contributed by atoms with E-state index in [2.05, 4.69) is 35.9 Å². The Morgan fingerprint density at radius 1 is 1.16 bits per heavy atom. The summed E-state index contributed by atoms with van der Waals surface area (Å²) in [5.74, 6) is 0. The van der Waals surface area contributed by atoms with Gasteiger partial charge in [0.2, 0.25) is 0 Å². The van der Waals surface area contributed by atoms with Crippen LogP contribution in [0.5, 0.6) is 0 Å². The van der Waals surface area contributed by atoms with Crippen molar-refractivity contribution in [2.75, 3.05) is 17.2 Å². The molecule has 3 nitrogen and oxygen atoms in total. The van der Waals surface area contributed by atoms with Crippen LogP contribution in [-0.2, 0) is 6.54 Å². The van der Waals surface area contributed by atoms with Crippen molar-refractivity contribution < 1.29 is 0 Å². The fourth-order valence-corrected chi connectivity index (χ4v) is 2.18. The number of aromatic nitrogens is 1. The third-order valence-corrected chi connectivity index (χ3v) is 3.21. The number of nitrogen functional groups attached to an aromatic ring is 1. The molecule has 0 spiro atoms. The summed E-state index contributed by atoms with van der Waals surface area (Å²) in [6, 6.07) is 12.3. The van der Waals surface area contributed by atoms with Gasteiger partial charge in [0.05, 0.1) is 23.6 Å². The number of aryl methyl sites for hydroxylation is 2. The van der Waals surface area contributed by atoms with Crippen LogP contribution < -0.4 is 10.6 Å². The maximum absolute atomic E-state index is 6.09. The maximum atomic E-state index is 6.09. The minimum atomic E-state index is 0.784. The molecule has 2 aromatic rings. The van der Waals surface area contributed by atoms with Crippen molar-refractivity contribution >= 4 is 11.4 Å². The summed E-state index contributed by atoms with van der Waals surface area (Å²) in [6.07, 6.45) is 0. The largest absolute Gasteiger partial charge is 0.397 e. The van der Waals surface area contributed by atoms with Crippen molar-refractivity contribution in [2.45, 2.75) is 27.3 Å². The third kappa shape index (κ3) is 3.25. The molecule has 0 saturated carbocycles. The van der Waals surface area contributed by atoms with Crippen molar-refractivity contribution in [3.63, 3.8) is 0 Å². The zero-order valence-electron chi connectivity index (χ0n) is 11.9. The van der Waals surface area contributed by atoms with Crippen LogP contribution in [0.1, 0.15) is 23.9 Å². The van der Waals surface area contributed by atoms with Gasteiger partial charge < -0.3 is 10.6 Å². The second-order valence-electron chi connectivity index (χ2n) is 4.85. The molecule has 2 rings (SSSR count). The Kier molecular flexibility index (Phi) is 4.05. The Balaban J connectivity index is 2.27. The monoisotopic (exact) mass is 255 g/mol. The Morgan fingerprint density at radius 2 is 1.95 bits per heavy atom. The number of anilines is 2. The van der Waals surface area contributed by atoms with Gasteiger partial charge in [0, 0.05) is 12.2 Å². The van der Waals surface area contributed by atoms with E-state index in [-0.39, 0.29) is 0 Å². The number of nitrogens with two attached hydrogens (primary N) is 1. The van der Waals surface area contributed by atoms with Crippen molar-refractivity contribution in [2.24, 2.45) is 0 Å². The Hall–Kier alpha value is -2.03. The smallest absolute Gasteiger partial charge is 0.0606 e. The van der Waals surface area contributed by atoms with E-state index in [0.29, 0.717) is 0 Å². The Morgan fingerprint density at radius 3 is 2.63 bits per heavy atom. The maximum Gasteiger partial charge on any atom is 0.0606 e. The van der Waals surface area contributed by atoms with Gasteiger partial charge in [0.25, 0.3) is 0 Å². The fraction of sp³-hybridized carbons (Fsp3) is 0.312. The van der Waals surface area contributed by atoms with Gasteiger partial charge in [0.15, 0.2) is 0 Å². The van der Waals surface area contributed by atoms with Gasteiger partial charge in [-0.05, 0) is 50.6 Å². The average molecular weight is 255 g/mol. The summed E-state index contributed by atoms with van der Waals surface area (Å²) in [7, 11) is 0. The zero-order chi connectivity index (χ0) is 13.8. The van der Waals surface area contributed by atoms with E-state index in [4.69, 9.17) is 5.73 Å². The van der Waals surface area contributed by atoms with Gasteiger partial charge in [-0.3, -0.25) is 4.98 Å². The first-order valence-corrected chi connectivity index (χ1v) is 6.63. The van der Waals surface area contributed by atoms with Crippen molar-refractivity contribution in [1.29, 1.82) is 0 Å². The Bertz CT molecular complexity index is 564. The third-order valence-electron chi connectivity index (χ3n) is 3.21. The summed E-state index contributed by atoms with van der Waals surface area (Å²) < 4.78 is 0. The lowest BCUT2D eigenvalue weighted by molar-refractivity contribution is 0.806. The van der Waals surface area contributed by atoms with Crippen LogP contribution in [-0.4, -0.2) is 11.5 Å². The van der Waals surface area contributed by atoms with Crippen molar-refractivity contribution in [3.8, 4) is 0 Å². The fourth-order valence-electron chi connectivity index (χ4n) is 2.18. The molecular weight excluding hydrogens is 234 g/mol. The average Bonchev–Trinajstić information content (AvgIpc) is 2.39. The van der Waals surface area contributed by atoms with Gasteiger partial charge in [-0.1, -0.05) is 12.1 Å². The second kappa shape index (κ2) is 5.74. The molecule has 100 valence electrons. The van der Waals surface area contributed by atoms with E-state index in [1.807, 2.05) is 31.2 Å². The van der Waals surface area contributed by atoms with E-state index < -0.39 is 0 Å². The van der Waals surface area contributed by atoms with E-state index >= 15 is 0 Å². The second-order valence-corrected chi connectivity index (χ2v) is 4.85. The van der Waals surface area contributed by atoms with Gasteiger partial charge in [0.1, 0.15) is 0 Å². The molecule has 0 unspecified atom stereocenters. The van der Waals surface area contributed by atoms with Crippen LogP contribution >= 0.6 is 0 Å². The summed E-state index contributed by atoms with van der Waals surface area (Å²) in [5, 5.41) is 0. The van der Waals surface area contributed by atoms with Gasteiger partial charge in [-0.15, -0.1) is 0 Å². The lowest BCUT2D eigenvalue weighted by Gasteiger charge is -2.24. The molecule has 0 atom stereocenters. The first kappa shape index (κ1) is 13.4. The van der Waals surface area contributed by atoms with Crippen molar-refractivity contribution in [3.05, 3.63) is 53.3 Å². The van der Waals surface area contributed by atoms with Gasteiger partial charge in [-0.2, -0.15) is 0 Å². The van der Waals surface area contributed by atoms with Crippen LogP contribution in [0.25, 0.3) is 0 Å². The zero-order valence-corrected chi connectivity index (χ0v) is 11.9. The molecule has 0 amide bonds. The van der Waals surface area contributed by atoms with Gasteiger partial charge in [-0.25, -0.2) is 0 Å². The molecule has 0 radical (unpaired) electrons. The van der Waals surface area contributed by atoms with Crippen molar-refractivity contribution in [1.82, 2.24) is 4.98 Å². The lowest BCUT2D eigenvalue weighted by Crippen LogP contribution is -2.23. The minimum Gasteiger partial charge on any atom is -0.397 e. The Labute approximate surface area is 115 Å². The van der Waals surface area contributed by atoms with Crippen LogP contribution in [0.15, 0.2) is 36.4 Å². The molecule has 3 heteroatoms. The molecule has 1 aromatic heterocycles. The summed E-state index contributed by atoms with van der Waals surface area (Å²) in [6.45, 7) is 7.93. The highest BCUT2D eigenvalue weighted by Crippen LogP contribution is 2.25. The SMILES string of the molecule is CCN(Cc1cccc(C)n1)c1cc(C)ccc1N. The molecule has 2 N–H and O–H groups in total. The highest BCUT2D eigenvalue weighted by atomic mass is 15.1. The molecule has 0 bridgehead atoms. The predicted molar refractivity (Wildman–Crippen MR) is 81.3 cm³/mol. The molecule has 0 fully saturated rings. The number of rotatable bonds is 4. The summed E-state index contributed by atoms with van der Waals surface area (Å²) in [5.41, 5.74) is 11.3. The molecule has 0 aliphatic rings. The van der Waals surface area contributed by atoms with E-state index in [9.17, 15) is 0 Å². The van der Waals surface area contributed by atoms with Crippen LogP contribution in [0, 0.1) is 13.8 Å². The first-order valence-electron chi connectivity index (χ1n) is 6.63. The summed E-state index contributed by atoms with van der Waals surface area (Å²) >= 11 is 0. The van der Waals surface area contributed by atoms with Crippen LogP contribution in [0.3, 0.4) is 0 Å². The molecule has 0 saturated heterocycles. The first-order chi connectivity index (χ1) is 9.10. The molecule has 19 heavy (non-hydrogen) atoms. The van der Waals surface area contributed by atoms with Gasteiger partial charge >= 0.3 is 0 Å². The number of nitrogens with zero attached hydrogens (tertiary/aromatic N) is 2.